The Bertz CT molecular complexity index is 1020. The Hall–Kier alpha value is -2.62. The number of carbonyl (C=O) groups is 4. The van der Waals surface area contributed by atoms with Crippen molar-refractivity contribution < 1.29 is 32.3 Å². The van der Waals surface area contributed by atoms with Crippen molar-refractivity contribution in [2.45, 2.75) is 50.1 Å². The summed E-state index contributed by atoms with van der Waals surface area (Å²) in [5, 5.41) is 5.16. The van der Waals surface area contributed by atoms with E-state index in [2.05, 4.69) is 10.6 Å². The molecule has 2 N–H and O–H groups in total. The average Bonchev–Trinajstić information content (AvgIpc) is 3.53. The summed E-state index contributed by atoms with van der Waals surface area (Å²) < 4.78 is 43.7. The molecule has 0 bridgehead atoms. The standard InChI is InChI=1S/C24H27ClF3N3O4/c25-16-5-2-4-15(10-16)24(27,28)23(35)31-12-14-3-1-6-17(14)20(31)22(34)30-18(19(32)11-26)9-13-7-8-29-21(13)33/h2,4-5,10,13-14,17-18,20H,1,3,6-9,11-12H2,(H,29,33)(H,30,34)/t13-,14-,17-,18-,20+/m0/s1. The third kappa shape index (κ3) is 5.03. The van der Waals surface area contributed by atoms with Gasteiger partial charge in [0.25, 0.3) is 5.91 Å². The molecule has 0 unspecified atom stereocenters. The Morgan fingerprint density at radius 1 is 1.23 bits per heavy atom. The van der Waals surface area contributed by atoms with Gasteiger partial charge in [-0.1, -0.05) is 30.2 Å². The minimum atomic E-state index is -3.92. The molecule has 1 saturated carbocycles. The van der Waals surface area contributed by atoms with E-state index in [0.717, 1.165) is 23.5 Å². The van der Waals surface area contributed by atoms with E-state index in [-0.39, 0.29) is 35.7 Å². The lowest BCUT2D eigenvalue weighted by molar-refractivity contribution is -0.162. The number of ketones is 1. The molecule has 190 valence electrons. The molecule has 5 atom stereocenters. The summed E-state index contributed by atoms with van der Waals surface area (Å²) in [7, 11) is 0. The lowest BCUT2D eigenvalue weighted by Crippen LogP contribution is -2.55. The molecule has 7 nitrogen and oxygen atoms in total. The van der Waals surface area contributed by atoms with Crippen LogP contribution < -0.4 is 10.6 Å². The second-order valence-electron chi connectivity index (χ2n) is 9.52. The van der Waals surface area contributed by atoms with Gasteiger partial charge < -0.3 is 15.5 Å². The fraction of sp³-hybridized carbons (Fsp3) is 0.583. The van der Waals surface area contributed by atoms with E-state index in [1.165, 1.54) is 12.1 Å². The van der Waals surface area contributed by atoms with Crippen LogP contribution in [0.4, 0.5) is 13.2 Å². The Morgan fingerprint density at radius 2 is 2.00 bits per heavy atom. The third-order valence-corrected chi connectivity index (χ3v) is 7.63. The van der Waals surface area contributed by atoms with Crippen LogP contribution in [0.5, 0.6) is 0 Å². The van der Waals surface area contributed by atoms with E-state index in [0.29, 0.717) is 25.8 Å². The number of rotatable bonds is 8. The summed E-state index contributed by atoms with van der Waals surface area (Å²) >= 11 is 5.84. The number of fused-ring (bicyclic) bond motifs is 1. The molecule has 1 aromatic rings. The van der Waals surface area contributed by atoms with Gasteiger partial charge in [-0.3, -0.25) is 19.2 Å². The number of benzene rings is 1. The highest BCUT2D eigenvalue weighted by Gasteiger charge is 2.55. The zero-order valence-corrected chi connectivity index (χ0v) is 19.7. The second-order valence-corrected chi connectivity index (χ2v) is 9.95. The topological polar surface area (TPSA) is 95.6 Å². The zero-order chi connectivity index (χ0) is 25.3. The van der Waals surface area contributed by atoms with Crippen molar-refractivity contribution in [1.29, 1.82) is 0 Å². The first-order valence-electron chi connectivity index (χ1n) is 11.7. The van der Waals surface area contributed by atoms with Gasteiger partial charge in [-0.25, -0.2) is 4.39 Å². The van der Waals surface area contributed by atoms with Crippen LogP contribution in [0.3, 0.4) is 0 Å². The number of amides is 3. The van der Waals surface area contributed by atoms with Crippen LogP contribution in [0.25, 0.3) is 0 Å². The van der Waals surface area contributed by atoms with Gasteiger partial charge in [0.1, 0.15) is 12.7 Å². The van der Waals surface area contributed by atoms with E-state index < -0.39 is 53.8 Å². The number of hydrogen-bond donors (Lipinski definition) is 2. The number of halogens is 4. The van der Waals surface area contributed by atoms with Crippen molar-refractivity contribution in [2.75, 3.05) is 19.8 Å². The largest absolute Gasteiger partial charge is 0.356 e. The van der Waals surface area contributed by atoms with Gasteiger partial charge in [0.2, 0.25) is 11.8 Å². The summed E-state index contributed by atoms with van der Waals surface area (Å²) in [5.41, 5.74) is -0.580. The highest BCUT2D eigenvalue weighted by atomic mass is 35.5. The molecular formula is C24H27ClF3N3O4. The van der Waals surface area contributed by atoms with Crippen molar-refractivity contribution >= 4 is 35.1 Å². The van der Waals surface area contributed by atoms with E-state index in [1.807, 2.05) is 0 Å². The molecule has 0 aromatic heterocycles. The fourth-order valence-corrected chi connectivity index (χ4v) is 5.80. The number of likely N-dealkylation sites (tertiary alicyclic amines) is 1. The molecule has 35 heavy (non-hydrogen) atoms. The van der Waals surface area contributed by atoms with Gasteiger partial charge in [0, 0.05) is 29.6 Å². The van der Waals surface area contributed by atoms with Gasteiger partial charge in [-0.2, -0.15) is 8.78 Å². The smallest absolute Gasteiger partial charge is 0.350 e. The number of alkyl halides is 3. The quantitative estimate of drug-likeness (QED) is 0.558. The molecule has 3 fully saturated rings. The van der Waals surface area contributed by atoms with E-state index in [4.69, 9.17) is 11.6 Å². The van der Waals surface area contributed by atoms with Gasteiger partial charge in [0.15, 0.2) is 5.78 Å². The summed E-state index contributed by atoms with van der Waals surface area (Å²) in [4.78, 5) is 51.5. The summed E-state index contributed by atoms with van der Waals surface area (Å²) in [6, 6.07) is 2.33. The Kier molecular flexibility index (Phi) is 7.40. The van der Waals surface area contributed by atoms with E-state index >= 15 is 8.78 Å². The minimum absolute atomic E-state index is 0.00943. The number of nitrogens with one attached hydrogen (secondary N) is 2. The van der Waals surface area contributed by atoms with Crippen LogP contribution in [0.2, 0.25) is 5.02 Å². The van der Waals surface area contributed by atoms with Crippen molar-refractivity contribution in [3.8, 4) is 0 Å². The van der Waals surface area contributed by atoms with Gasteiger partial charge in [-0.05, 0) is 49.7 Å². The van der Waals surface area contributed by atoms with Gasteiger partial charge >= 0.3 is 5.92 Å². The molecule has 1 aromatic carbocycles. The molecule has 0 radical (unpaired) electrons. The Balaban J connectivity index is 1.57. The highest BCUT2D eigenvalue weighted by Crippen LogP contribution is 2.44. The summed E-state index contributed by atoms with van der Waals surface area (Å²) in [5.74, 6) is -8.43. The number of nitrogens with zero attached hydrogens (tertiary/aromatic N) is 1. The van der Waals surface area contributed by atoms with Crippen LogP contribution in [0, 0.1) is 17.8 Å². The van der Waals surface area contributed by atoms with E-state index in [9.17, 15) is 23.6 Å². The SMILES string of the molecule is O=C1NCC[C@H]1C[C@H](NC(=O)[C@H]1[C@H]2CCC[C@H]2CN1C(=O)C(F)(F)c1cccc(Cl)c1)C(=O)CF. The molecule has 1 aliphatic carbocycles. The van der Waals surface area contributed by atoms with Crippen LogP contribution in [0.15, 0.2) is 24.3 Å². The maximum Gasteiger partial charge on any atom is 0.350 e. The molecule has 3 amide bonds. The minimum Gasteiger partial charge on any atom is -0.356 e. The monoisotopic (exact) mass is 513 g/mol. The number of carbonyl (C=O) groups excluding carboxylic acids is 4. The zero-order valence-electron chi connectivity index (χ0n) is 18.9. The van der Waals surface area contributed by atoms with Gasteiger partial charge in [-0.15, -0.1) is 0 Å². The van der Waals surface area contributed by atoms with Crippen molar-refractivity contribution in [3.63, 3.8) is 0 Å². The molecule has 3 aliphatic rings. The van der Waals surface area contributed by atoms with Crippen molar-refractivity contribution in [1.82, 2.24) is 15.5 Å². The lowest BCUT2D eigenvalue weighted by atomic mass is 9.92. The first-order valence-corrected chi connectivity index (χ1v) is 12.1. The van der Waals surface area contributed by atoms with Crippen LogP contribution >= 0.6 is 11.6 Å². The van der Waals surface area contributed by atoms with Crippen molar-refractivity contribution in [2.24, 2.45) is 17.8 Å². The normalized spacial score (nSPS) is 26.9. The molecular weight excluding hydrogens is 487 g/mol. The summed E-state index contributed by atoms with van der Waals surface area (Å²) in [6.07, 6.45) is 2.40. The molecule has 2 saturated heterocycles. The fourth-order valence-electron chi connectivity index (χ4n) is 5.61. The predicted molar refractivity (Wildman–Crippen MR) is 120 cm³/mol. The van der Waals surface area contributed by atoms with Crippen LogP contribution in [-0.4, -0.2) is 60.3 Å². The Labute approximate surface area is 205 Å². The maximum absolute atomic E-state index is 15.2. The molecule has 0 spiro atoms. The van der Waals surface area contributed by atoms with Crippen molar-refractivity contribution in [3.05, 3.63) is 34.9 Å². The maximum atomic E-state index is 15.2. The number of hydrogen-bond acceptors (Lipinski definition) is 4. The molecule has 2 heterocycles. The van der Waals surface area contributed by atoms with Gasteiger partial charge in [0.05, 0.1) is 6.04 Å². The molecule has 11 heteroatoms. The Morgan fingerprint density at radius 3 is 2.66 bits per heavy atom. The predicted octanol–water partition coefficient (Wildman–Crippen LogP) is 2.61. The first-order chi connectivity index (χ1) is 16.6. The van der Waals surface area contributed by atoms with Crippen LogP contribution in [0.1, 0.15) is 37.7 Å². The summed E-state index contributed by atoms with van der Waals surface area (Å²) in [6.45, 7) is -0.933. The average molecular weight is 514 g/mol. The molecule has 2 aliphatic heterocycles. The van der Waals surface area contributed by atoms with Crippen LogP contribution in [-0.2, 0) is 25.1 Å². The highest BCUT2D eigenvalue weighted by molar-refractivity contribution is 6.30. The lowest BCUT2D eigenvalue weighted by Gasteiger charge is -2.31. The molecule has 4 rings (SSSR count). The first kappa shape index (κ1) is 25.5. The third-order valence-electron chi connectivity index (χ3n) is 7.40. The van der Waals surface area contributed by atoms with E-state index in [1.54, 1.807) is 0 Å². The second kappa shape index (κ2) is 10.2. The number of Topliss-reactive ketones (excluding diaryl/α,β-unsaturated/α-hetero) is 1.